The molecule has 0 saturated carbocycles. The molecular weight excluding hydrogens is 252 g/mol. The van der Waals surface area contributed by atoms with Gasteiger partial charge in [-0.15, -0.1) is 0 Å². The second kappa shape index (κ2) is 5.13. The summed E-state index contributed by atoms with van der Waals surface area (Å²) in [5.74, 6) is 0.347. The smallest absolute Gasteiger partial charge is 0.290 e. The lowest BCUT2D eigenvalue weighted by Gasteiger charge is -2.36. The van der Waals surface area contributed by atoms with Crippen LogP contribution in [-0.2, 0) is 6.42 Å². The molecule has 2 heterocycles. The van der Waals surface area contributed by atoms with Crippen molar-refractivity contribution in [3.63, 3.8) is 0 Å². The first kappa shape index (κ1) is 12.9. The van der Waals surface area contributed by atoms with Gasteiger partial charge in [-0.1, -0.05) is 24.3 Å². The van der Waals surface area contributed by atoms with Crippen LogP contribution < -0.4 is 5.73 Å². The van der Waals surface area contributed by atoms with Crippen molar-refractivity contribution in [2.24, 2.45) is 5.73 Å². The molecule has 1 aromatic carbocycles. The van der Waals surface area contributed by atoms with Crippen LogP contribution in [0, 0.1) is 6.92 Å². The molecule has 1 amide bonds. The number of nitrogens with two attached hydrogens (primary N) is 1. The van der Waals surface area contributed by atoms with Gasteiger partial charge in [-0.25, -0.2) is 0 Å². The number of hydrogen-bond donors (Lipinski definition) is 1. The predicted molar refractivity (Wildman–Crippen MR) is 76.4 cm³/mol. The maximum absolute atomic E-state index is 12.6. The monoisotopic (exact) mass is 270 g/mol. The Hall–Kier alpha value is -2.07. The van der Waals surface area contributed by atoms with Crippen molar-refractivity contribution < 1.29 is 9.21 Å². The fraction of sp³-hybridized carbons (Fsp3) is 0.312. The summed E-state index contributed by atoms with van der Waals surface area (Å²) in [7, 11) is 0. The number of nitrogens with zero attached hydrogens (tertiary/aromatic N) is 1. The third-order valence-electron chi connectivity index (χ3n) is 3.95. The molecule has 0 aliphatic carbocycles. The molecule has 1 aliphatic heterocycles. The van der Waals surface area contributed by atoms with Gasteiger partial charge < -0.3 is 15.1 Å². The van der Waals surface area contributed by atoms with Gasteiger partial charge in [-0.3, -0.25) is 4.79 Å². The summed E-state index contributed by atoms with van der Waals surface area (Å²) in [6.07, 6.45) is 2.41. The van der Waals surface area contributed by atoms with E-state index in [4.69, 9.17) is 10.2 Å². The summed E-state index contributed by atoms with van der Waals surface area (Å²) in [5.41, 5.74) is 9.21. The van der Waals surface area contributed by atoms with Gasteiger partial charge in [0.1, 0.15) is 0 Å². The topological polar surface area (TPSA) is 59.5 Å². The van der Waals surface area contributed by atoms with Crippen LogP contribution in [0.1, 0.15) is 33.3 Å². The second-order valence-corrected chi connectivity index (χ2v) is 5.13. The lowest BCUT2D eigenvalue weighted by atomic mass is 9.92. The second-order valence-electron chi connectivity index (χ2n) is 5.13. The van der Waals surface area contributed by atoms with Crippen LogP contribution in [0.2, 0.25) is 0 Å². The highest BCUT2D eigenvalue weighted by atomic mass is 16.3. The van der Waals surface area contributed by atoms with Crippen molar-refractivity contribution in [1.82, 2.24) is 4.90 Å². The minimum absolute atomic E-state index is 0.0718. The summed E-state index contributed by atoms with van der Waals surface area (Å²) in [4.78, 5) is 14.5. The summed E-state index contributed by atoms with van der Waals surface area (Å²) in [6, 6.07) is 9.92. The van der Waals surface area contributed by atoms with Crippen LogP contribution >= 0.6 is 0 Å². The molecule has 0 bridgehead atoms. The minimum atomic E-state index is -0.0723. The largest absolute Gasteiger partial charge is 0.459 e. The normalized spacial score (nSPS) is 17.9. The Morgan fingerprint density at radius 2 is 2.20 bits per heavy atom. The average Bonchev–Trinajstić information content (AvgIpc) is 2.91. The summed E-state index contributed by atoms with van der Waals surface area (Å²) in [5, 5.41) is 0. The first-order valence-corrected chi connectivity index (χ1v) is 6.85. The molecule has 1 aromatic heterocycles. The average molecular weight is 270 g/mol. The third kappa shape index (κ3) is 2.02. The van der Waals surface area contributed by atoms with Gasteiger partial charge in [-0.05, 0) is 30.5 Å². The quantitative estimate of drug-likeness (QED) is 0.910. The Balaban J connectivity index is 1.96. The number of benzene rings is 1. The number of furan rings is 1. The minimum Gasteiger partial charge on any atom is -0.459 e. The standard InChI is InChI=1S/C16H18N2O2/c1-11-7-9-20-15(11)16(19)18-8-6-12-4-2-3-5-13(12)14(18)10-17/h2-5,7,9,14H,6,8,10,17H2,1H3. The molecule has 3 rings (SSSR count). The number of amides is 1. The Labute approximate surface area is 118 Å². The van der Waals surface area contributed by atoms with E-state index in [1.165, 1.54) is 5.56 Å². The van der Waals surface area contributed by atoms with Crippen LogP contribution in [0.5, 0.6) is 0 Å². The lowest BCUT2D eigenvalue weighted by Crippen LogP contribution is -2.43. The van der Waals surface area contributed by atoms with E-state index >= 15 is 0 Å². The molecule has 4 nitrogen and oxygen atoms in total. The summed E-state index contributed by atoms with van der Waals surface area (Å²) < 4.78 is 5.33. The van der Waals surface area contributed by atoms with Gasteiger partial charge >= 0.3 is 0 Å². The van der Waals surface area contributed by atoms with E-state index in [1.807, 2.05) is 30.0 Å². The van der Waals surface area contributed by atoms with Gasteiger partial charge in [0.15, 0.2) is 5.76 Å². The van der Waals surface area contributed by atoms with E-state index in [9.17, 15) is 4.79 Å². The van der Waals surface area contributed by atoms with Gasteiger partial charge in [0, 0.05) is 18.7 Å². The van der Waals surface area contributed by atoms with Gasteiger partial charge in [-0.2, -0.15) is 0 Å². The first-order chi connectivity index (χ1) is 9.72. The zero-order valence-electron chi connectivity index (χ0n) is 11.5. The van der Waals surface area contributed by atoms with Crippen molar-refractivity contribution in [3.05, 3.63) is 59.0 Å². The molecule has 1 atom stereocenters. The third-order valence-corrected chi connectivity index (χ3v) is 3.95. The molecule has 0 radical (unpaired) electrons. The molecule has 20 heavy (non-hydrogen) atoms. The van der Waals surface area contributed by atoms with Crippen molar-refractivity contribution in [1.29, 1.82) is 0 Å². The molecule has 0 saturated heterocycles. The lowest BCUT2D eigenvalue weighted by molar-refractivity contribution is 0.0634. The van der Waals surface area contributed by atoms with E-state index in [0.29, 0.717) is 18.8 Å². The summed E-state index contributed by atoms with van der Waals surface area (Å²) >= 11 is 0. The molecular formula is C16H18N2O2. The number of rotatable bonds is 2. The molecule has 0 fully saturated rings. The Bertz CT molecular complexity index is 633. The van der Waals surface area contributed by atoms with E-state index in [0.717, 1.165) is 17.5 Å². The number of hydrogen-bond acceptors (Lipinski definition) is 3. The zero-order chi connectivity index (χ0) is 14.1. The molecule has 1 aliphatic rings. The first-order valence-electron chi connectivity index (χ1n) is 6.85. The Kier molecular flexibility index (Phi) is 3.32. The molecule has 1 unspecified atom stereocenters. The highest BCUT2D eigenvalue weighted by Crippen LogP contribution is 2.30. The van der Waals surface area contributed by atoms with Crippen LogP contribution in [0.3, 0.4) is 0 Å². The van der Waals surface area contributed by atoms with Crippen LogP contribution in [0.25, 0.3) is 0 Å². The molecule has 2 N–H and O–H groups in total. The van der Waals surface area contributed by atoms with Crippen molar-refractivity contribution in [2.45, 2.75) is 19.4 Å². The van der Waals surface area contributed by atoms with Crippen LogP contribution in [-0.4, -0.2) is 23.9 Å². The van der Waals surface area contributed by atoms with E-state index in [2.05, 4.69) is 12.1 Å². The SMILES string of the molecule is Cc1ccoc1C(=O)N1CCc2ccccc2C1CN. The van der Waals surface area contributed by atoms with Crippen LogP contribution in [0.4, 0.5) is 0 Å². The number of carbonyl (C=O) groups excluding carboxylic acids is 1. The zero-order valence-corrected chi connectivity index (χ0v) is 11.5. The maximum atomic E-state index is 12.6. The number of aryl methyl sites for hydroxylation is 1. The predicted octanol–water partition coefficient (Wildman–Crippen LogP) is 2.29. The Morgan fingerprint density at radius 3 is 2.90 bits per heavy atom. The Morgan fingerprint density at radius 1 is 1.40 bits per heavy atom. The number of carbonyl (C=O) groups is 1. The van der Waals surface area contributed by atoms with Crippen molar-refractivity contribution in [3.8, 4) is 0 Å². The van der Waals surface area contributed by atoms with E-state index in [-0.39, 0.29) is 11.9 Å². The molecule has 2 aromatic rings. The van der Waals surface area contributed by atoms with Gasteiger partial charge in [0.05, 0.1) is 12.3 Å². The van der Waals surface area contributed by atoms with Gasteiger partial charge in [0.2, 0.25) is 0 Å². The molecule has 104 valence electrons. The summed E-state index contributed by atoms with van der Waals surface area (Å²) in [6.45, 7) is 2.98. The fourth-order valence-corrected chi connectivity index (χ4v) is 2.87. The molecule has 4 heteroatoms. The highest BCUT2D eigenvalue weighted by Gasteiger charge is 2.31. The van der Waals surface area contributed by atoms with Gasteiger partial charge in [0.25, 0.3) is 5.91 Å². The number of fused-ring (bicyclic) bond motifs is 1. The highest BCUT2D eigenvalue weighted by molar-refractivity contribution is 5.93. The molecule has 0 spiro atoms. The van der Waals surface area contributed by atoms with Crippen molar-refractivity contribution >= 4 is 5.91 Å². The van der Waals surface area contributed by atoms with Crippen LogP contribution in [0.15, 0.2) is 41.0 Å². The van der Waals surface area contributed by atoms with E-state index in [1.54, 1.807) is 6.26 Å². The van der Waals surface area contributed by atoms with E-state index < -0.39 is 0 Å². The van der Waals surface area contributed by atoms with Crippen molar-refractivity contribution in [2.75, 3.05) is 13.1 Å². The maximum Gasteiger partial charge on any atom is 0.290 e. The fourth-order valence-electron chi connectivity index (χ4n) is 2.87.